The predicted molar refractivity (Wildman–Crippen MR) is 45.0 cm³/mol. The van der Waals surface area contributed by atoms with E-state index in [0.717, 1.165) is 19.5 Å². The number of nitrogens with zero attached hydrogens (tertiary/aromatic N) is 1. The lowest BCUT2D eigenvalue weighted by Gasteiger charge is -2.11. The largest absolute Gasteiger partial charge is 0.286 e. The number of rotatable bonds is 4. The minimum Gasteiger partial charge on any atom is -0.286 e. The lowest BCUT2D eigenvalue weighted by Crippen LogP contribution is -2.12. The fourth-order valence-corrected chi connectivity index (χ4v) is 0.994. The Bertz CT molecular complexity index is 95.6. The fourth-order valence-electron chi connectivity index (χ4n) is 0.607. The van der Waals surface area contributed by atoms with Crippen molar-refractivity contribution in [2.45, 2.75) is 19.8 Å². The summed E-state index contributed by atoms with van der Waals surface area (Å²) < 4.78 is 2.17. The third kappa shape index (κ3) is 5.83. The van der Waals surface area contributed by atoms with Gasteiger partial charge in [-0.05, 0) is 6.42 Å². The van der Waals surface area contributed by atoms with Crippen molar-refractivity contribution in [3.63, 3.8) is 0 Å². The molecular formula is C7H14NP. The molecule has 1 atom stereocenters. The Balaban J connectivity index is 3.07. The molecule has 52 valence electrons. The zero-order valence-electron chi connectivity index (χ0n) is 5.93. The number of hydrogen-bond acceptors (Lipinski definition) is 1. The first-order valence-corrected chi connectivity index (χ1v) is 3.76. The van der Waals surface area contributed by atoms with Gasteiger partial charge in [0, 0.05) is 19.5 Å². The van der Waals surface area contributed by atoms with Crippen LogP contribution in [0.25, 0.3) is 0 Å². The average molecular weight is 143 g/mol. The van der Waals surface area contributed by atoms with Gasteiger partial charge in [-0.3, -0.25) is 4.67 Å². The van der Waals surface area contributed by atoms with Crippen LogP contribution in [0.1, 0.15) is 19.8 Å². The smallest absolute Gasteiger partial charge is 0.0217 e. The molecule has 9 heavy (non-hydrogen) atoms. The van der Waals surface area contributed by atoms with Crippen LogP contribution in [0.4, 0.5) is 0 Å². The van der Waals surface area contributed by atoms with Gasteiger partial charge in [-0.25, -0.2) is 0 Å². The Morgan fingerprint density at radius 3 is 2.67 bits per heavy atom. The lowest BCUT2D eigenvalue weighted by molar-refractivity contribution is 0.478. The summed E-state index contributed by atoms with van der Waals surface area (Å²) in [6, 6.07) is 0. The van der Waals surface area contributed by atoms with Gasteiger partial charge in [-0.2, -0.15) is 0 Å². The molecule has 0 aromatic carbocycles. The van der Waals surface area contributed by atoms with E-state index in [1.54, 1.807) is 0 Å². The van der Waals surface area contributed by atoms with Crippen LogP contribution >= 0.6 is 9.39 Å². The Hall–Kier alpha value is -0.0500. The third-order valence-electron chi connectivity index (χ3n) is 1.05. The molecule has 0 aromatic rings. The summed E-state index contributed by atoms with van der Waals surface area (Å²) in [4.78, 5) is 0. The van der Waals surface area contributed by atoms with E-state index in [0.29, 0.717) is 0 Å². The van der Waals surface area contributed by atoms with Gasteiger partial charge in [-0.15, -0.1) is 12.3 Å². The number of hydrogen-bond donors (Lipinski definition) is 0. The second-order valence-electron chi connectivity index (χ2n) is 1.99. The van der Waals surface area contributed by atoms with E-state index in [-0.39, 0.29) is 0 Å². The Labute approximate surface area is 60.1 Å². The van der Waals surface area contributed by atoms with Gasteiger partial charge in [0.05, 0.1) is 0 Å². The molecule has 0 rings (SSSR count). The zero-order valence-corrected chi connectivity index (χ0v) is 7.09. The van der Waals surface area contributed by atoms with Gasteiger partial charge in [-0.1, -0.05) is 16.3 Å². The molecule has 0 heterocycles. The van der Waals surface area contributed by atoms with Crippen LogP contribution in [0, 0.1) is 12.3 Å². The highest BCUT2D eigenvalue weighted by Gasteiger charge is 1.91. The normalized spacial score (nSPS) is 9.56. The van der Waals surface area contributed by atoms with Crippen LogP contribution in [0.3, 0.4) is 0 Å². The summed E-state index contributed by atoms with van der Waals surface area (Å²) in [6.07, 6.45) is 7.13. The van der Waals surface area contributed by atoms with Crippen molar-refractivity contribution in [2.75, 3.05) is 13.1 Å². The quantitative estimate of drug-likeness (QED) is 0.426. The first kappa shape index (κ1) is 8.95. The molecule has 1 unspecified atom stereocenters. The second kappa shape index (κ2) is 6.08. The highest BCUT2D eigenvalue weighted by Crippen LogP contribution is 1.99. The Morgan fingerprint density at radius 2 is 2.22 bits per heavy atom. The van der Waals surface area contributed by atoms with Crippen LogP contribution < -0.4 is 0 Å². The molecule has 0 spiro atoms. The summed E-state index contributed by atoms with van der Waals surface area (Å²) in [5.74, 6) is 2.60. The van der Waals surface area contributed by atoms with Crippen LogP contribution in [-0.2, 0) is 0 Å². The SMILES string of the molecule is C#CCCN(P)CCC. The van der Waals surface area contributed by atoms with E-state index in [9.17, 15) is 0 Å². The maximum atomic E-state index is 5.09. The zero-order chi connectivity index (χ0) is 7.11. The Morgan fingerprint density at radius 1 is 1.56 bits per heavy atom. The second-order valence-corrected chi connectivity index (χ2v) is 2.72. The topological polar surface area (TPSA) is 3.24 Å². The minimum atomic E-state index is 0.851. The molecule has 0 aliphatic carbocycles. The van der Waals surface area contributed by atoms with Crippen LogP contribution in [-0.4, -0.2) is 17.8 Å². The molecule has 0 radical (unpaired) electrons. The summed E-state index contributed by atoms with van der Waals surface area (Å²) in [6.45, 7) is 4.27. The first-order valence-electron chi connectivity index (χ1n) is 3.24. The highest BCUT2D eigenvalue weighted by molar-refractivity contribution is 7.13. The summed E-state index contributed by atoms with van der Waals surface area (Å²) in [5.41, 5.74) is 0. The van der Waals surface area contributed by atoms with Crippen molar-refractivity contribution < 1.29 is 0 Å². The van der Waals surface area contributed by atoms with Crippen molar-refractivity contribution >= 4 is 9.39 Å². The number of terminal acetylenes is 1. The molecule has 1 nitrogen and oxygen atoms in total. The highest BCUT2D eigenvalue weighted by atomic mass is 31.0. The van der Waals surface area contributed by atoms with Gasteiger partial charge in [0.15, 0.2) is 0 Å². The molecule has 0 aromatic heterocycles. The molecule has 0 aliphatic rings. The van der Waals surface area contributed by atoms with Crippen molar-refractivity contribution in [1.29, 1.82) is 0 Å². The molecule has 2 heteroatoms. The van der Waals surface area contributed by atoms with Crippen molar-refractivity contribution in [3.8, 4) is 12.3 Å². The van der Waals surface area contributed by atoms with Gasteiger partial charge in [0.2, 0.25) is 0 Å². The average Bonchev–Trinajstić information content (AvgIpc) is 1.85. The third-order valence-corrected chi connectivity index (χ3v) is 1.57. The van der Waals surface area contributed by atoms with Crippen molar-refractivity contribution in [3.05, 3.63) is 0 Å². The van der Waals surface area contributed by atoms with Gasteiger partial charge >= 0.3 is 0 Å². The maximum absolute atomic E-state index is 5.09. The minimum absolute atomic E-state index is 0.851. The molecule has 0 bridgehead atoms. The molecule has 0 fully saturated rings. The molecule has 0 N–H and O–H groups in total. The fraction of sp³-hybridized carbons (Fsp3) is 0.714. The summed E-state index contributed by atoms with van der Waals surface area (Å²) in [5, 5.41) is 0. The van der Waals surface area contributed by atoms with E-state index < -0.39 is 0 Å². The van der Waals surface area contributed by atoms with E-state index >= 15 is 0 Å². The van der Waals surface area contributed by atoms with Crippen LogP contribution in [0.2, 0.25) is 0 Å². The van der Waals surface area contributed by atoms with Gasteiger partial charge < -0.3 is 0 Å². The summed E-state index contributed by atoms with van der Waals surface area (Å²) in [7, 11) is 2.67. The predicted octanol–water partition coefficient (Wildman–Crippen LogP) is 1.51. The molecule has 0 aliphatic heterocycles. The van der Waals surface area contributed by atoms with Gasteiger partial charge in [0.1, 0.15) is 0 Å². The Kier molecular flexibility index (Phi) is 6.04. The summed E-state index contributed by atoms with van der Waals surface area (Å²) >= 11 is 0. The monoisotopic (exact) mass is 143 g/mol. The standard InChI is InChI=1S/C7H14NP/c1-3-5-7-8(9)6-4-2/h1H,4-7,9H2,2H3. The van der Waals surface area contributed by atoms with E-state index in [4.69, 9.17) is 6.42 Å². The molecular weight excluding hydrogens is 129 g/mol. The maximum Gasteiger partial charge on any atom is 0.0217 e. The van der Waals surface area contributed by atoms with Crippen molar-refractivity contribution in [1.82, 2.24) is 4.67 Å². The lowest BCUT2D eigenvalue weighted by atomic mass is 10.4. The molecule has 0 saturated carbocycles. The van der Waals surface area contributed by atoms with Crippen LogP contribution in [0.5, 0.6) is 0 Å². The van der Waals surface area contributed by atoms with E-state index in [1.165, 1.54) is 6.42 Å². The molecule has 0 saturated heterocycles. The molecule has 0 amide bonds. The first-order chi connectivity index (χ1) is 4.31. The van der Waals surface area contributed by atoms with Crippen LogP contribution in [0.15, 0.2) is 0 Å². The van der Waals surface area contributed by atoms with Gasteiger partial charge in [0.25, 0.3) is 0 Å². The van der Waals surface area contributed by atoms with Crippen molar-refractivity contribution in [2.24, 2.45) is 0 Å². The van der Waals surface area contributed by atoms with E-state index in [2.05, 4.69) is 26.9 Å². The van der Waals surface area contributed by atoms with E-state index in [1.807, 2.05) is 0 Å².